The van der Waals surface area contributed by atoms with Crippen molar-refractivity contribution in [1.29, 1.82) is 0 Å². The average molecular weight is 291 g/mol. The number of rotatable bonds is 4. The number of carbonyl (C=O) groups is 2. The first-order valence-electron chi connectivity index (χ1n) is 7.19. The lowest BCUT2D eigenvalue weighted by Crippen LogP contribution is -2.58. The molecule has 1 saturated heterocycles. The fourth-order valence-electron chi connectivity index (χ4n) is 2.87. The zero-order valence-electron chi connectivity index (χ0n) is 12.7. The van der Waals surface area contributed by atoms with Crippen LogP contribution in [-0.2, 0) is 9.59 Å². The third-order valence-electron chi connectivity index (χ3n) is 3.74. The number of carbonyl (C=O) groups excluding carboxylic acids is 2. The normalized spacial score (nSPS) is 22.0. The van der Waals surface area contributed by atoms with Gasteiger partial charge in [0.15, 0.2) is 0 Å². The van der Waals surface area contributed by atoms with Crippen LogP contribution in [0.1, 0.15) is 27.2 Å². The van der Waals surface area contributed by atoms with Gasteiger partial charge in [-0.05, 0) is 26.0 Å². The summed E-state index contributed by atoms with van der Waals surface area (Å²) in [5.74, 6) is 1.45. The second-order valence-electron chi connectivity index (χ2n) is 5.32. The van der Waals surface area contributed by atoms with Crippen LogP contribution in [0, 0.1) is 0 Å². The molecule has 2 rings (SSSR count). The third-order valence-corrected chi connectivity index (χ3v) is 3.74. The number of anilines is 1. The largest absolute Gasteiger partial charge is 0.427 e. The van der Waals surface area contributed by atoms with Gasteiger partial charge in [-0.1, -0.05) is 6.92 Å². The van der Waals surface area contributed by atoms with Crippen LogP contribution in [0.3, 0.4) is 0 Å². The number of aromatic nitrogens is 1. The van der Waals surface area contributed by atoms with Crippen molar-refractivity contribution in [2.24, 2.45) is 0 Å². The summed E-state index contributed by atoms with van der Waals surface area (Å²) in [5.41, 5.74) is 0. The van der Waals surface area contributed by atoms with E-state index in [0.717, 1.165) is 18.9 Å². The topological polar surface area (TPSA) is 62.7 Å². The molecular formula is C15H21N3O3. The summed E-state index contributed by atoms with van der Waals surface area (Å²) in [4.78, 5) is 30.7. The second-order valence-corrected chi connectivity index (χ2v) is 5.32. The lowest BCUT2D eigenvalue weighted by molar-refractivity contribution is -0.135. The van der Waals surface area contributed by atoms with Crippen molar-refractivity contribution in [2.45, 2.75) is 39.3 Å². The highest BCUT2D eigenvalue weighted by Gasteiger charge is 2.32. The Hall–Kier alpha value is -2.11. The first-order valence-corrected chi connectivity index (χ1v) is 7.19. The summed E-state index contributed by atoms with van der Waals surface area (Å²) < 4.78 is 4.74. The molecule has 1 aromatic rings. The van der Waals surface area contributed by atoms with E-state index in [0.29, 0.717) is 18.6 Å². The van der Waals surface area contributed by atoms with Gasteiger partial charge in [0.1, 0.15) is 11.6 Å². The van der Waals surface area contributed by atoms with Gasteiger partial charge >= 0.3 is 0 Å². The Balaban J connectivity index is 2.09. The summed E-state index contributed by atoms with van der Waals surface area (Å²) in [5, 5.41) is 0. The minimum absolute atomic E-state index is 0.147. The van der Waals surface area contributed by atoms with Gasteiger partial charge in [-0.2, -0.15) is 0 Å². The summed E-state index contributed by atoms with van der Waals surface area (Å²) >= 11 is 0. The molecule has 1 aliphatic heterocycles. The van der Waals surface area contributed by atoms with E-state index in [1.54, 1.807) is 6.07 Å². The Morgan fingerprint density at radius 1 is 1.38 bits per heavy atom. The maximum atomic E-state index is 12.0. The average Bonchev–Trinajstić information content (AvgIpc) is 2.47. The molecule has 0 bridgehead atoms. The van der Waals surface area contributed by atoms with Crippen LogP contribution in [0.2, 0.25) is 0 Å². The van der Waals surface area contributed by atoms with Crippen molar-refractivity contribution in [3.8, 4) is 5.75 Å². The van der Waals surface area contributed by atoms with Crippen molar-refractivity contribution in [3.63, 3.8) is 0 Å². The monoisotopic (exact) mass is 291 g/mol. The zero-order valence-corrected chi connectivity index (χ0v) is 12.7. The SMILES string of the molecule is CCC(=O)N1[C@H](C)CN(c2ccc(OC=O)cn2)C[C@@H]1C. The smallest absolute Gasteiger partial charge is 0.298 e. The van der Waals surface area contributed by atoms with Crippen LogP contribution in [0.4, 0.5) is 5.82 Å². The molecule has 6 nitrogen and oxygen atoms in total. The number of piperazine rings is 1. The molecule has 0 aromatic carbocycles. The molecule has 1 aliphatic rings. The molecule has 21 heavy (non-hydrogen) atoms. The highest BCUT2D eigenvalue weighted by molar-refractivity contribution is 5.77. The highest BCUT2D eigenvalue weighted by atomic mass is 16.5. The fourth-order valence-corrected chi connectivity index (χ4v) is 2.87. The van der Waals surface area contributed by atoms with E-state index < -0.39 is 0 Å². The van der Waals surface area contributed by atoms with E-state index in [9.17, 15) is 9.59 Å². The van der Waals surface area contributed by atoms with E-state index in [1.807, 2.05) is 17.9 Å². The van der Waals surface area contributed by atoms with Crippen molar-refractivity contribution < 1.29 is 14.3 Å². The number of pyridine rings is 1. The van der Waals surface area contributed by atoms with Crippen LogP contribution < -0.4 is 9.64 Å². The second kappa shape index (κ2) is 6.56. The van der Waals surface area contributed by atoms with E-state index >= 15 is 0 Å². The van der Waals surface area contributed by atoms with Gasteiger partial charge in [-0.15, -0.1) is 0 Å². The van der Waals surface area contributed by atoms with Crippen molar-refractivity contribution in [2.75, 3.05) is 18.0 Å². The Morgan fingerprint density at radius 3 is 2.52 bits per heavy atom. The summed E-state index contributed by atoms with van der Waals surface area (Å²) in [7, 11) is 0. The molecule has 0 N–H and O–H groups in total. The van der Waals surface area contributed by atoms with Crippen LogP contribution >= 0.6 is 0 Å². The van der Waals surface area contributed by atoms with Crippen molar-refractivity contribution in [1.82, 2.24) is 9.88 Å². The third kappa shape index (κ3) is 3.32. The molecule has 0 unspecified atom stereocenters. The Kier molecular flexibility index (Phi) is 4.77. The zero-order chi connectivity index (χ0) is 15.4. The lowest BCUT2D eigenvalue weighted by Gasteiger charge is -2.45. The van der Waals surface area contributed by atoms with E-state index in [1.165, 1.54) is 6.20 Å². The van der Waals surface area contributed by atoms with Crippen molar-refractivity contribution >= 4 is 18.2 Å². The molecule has 0 aliphatic carbocycles. The Bertz CT molecular complexity index is 491. The Labute approximate surface area is 124 Å². The number of hydrogen-bond acceptors (Lipinski definition) is 5. The van der Waals surface area contributed by atoms with Gasteiger partial charge in [0, 0.05) is 31.6 Å². The van der Waals surface area contributed by atoms with Gasteiger partial charge in [-0.25, -0.2) is 4.98 Å². The minimum atomic E-state index is 0.147. The molecule has 0 spiro atoms. The summed E-state index contributed by atoms with van der Waals surface area (Å²) in [6, 6.07) is 3.84. The minimum Gasteiger partial charge on any atom is -0.427 e. The van der Waals surface area contributed by atoms with Crippen LogP contribution in [0.5, 0.6) is 5.75 Å². The molecule has 1 amide bonds. The van der Waals surface area contributed by atoms with Crippen LogP contribution in [0.25, 0.3) is 0 Å². The first-order chi connectivity index (χ1) is 10.1. The molecular weight excluding hydrogens is 270 g/mol. The maximum Gasteiger partial charge on any atom is 0.298 e. The van der Waals surface area contributed by atoms with E-state index in [-0.39, 0.29) is 18.0 Å². The van der Waals surface area contributed by atoms with Gasteiger partial charge in [-0.3, -0.25) is 9.59 Å². The number of ether oxygens (including phenoxy) is 1. The maximum absolute atomic E-state index is 12.0. The molecule has 0 radical (unpaired) electrons. The molecule has 0 saturated carbocycles. The molecule has 2 atom stereocenters. The van der Waals surface area contributed by atoms with Crippen LogP contribution in [-0.4, -0.2) is 47.4 Å². The lowest BCUT2D eigenvalue weighted by atomic mass is 10.1. The molecule has 1 aromatic heterocycles. The first kappa shape index (κ1) is 15.3. The summed E-state index contributed by atoms with van der Waals surface area (Å²) in [6.45, 7) is 7.88. The summed E-state index contributed by atoms with van der Waals surface area (Å²) in [6.07, 6.45) is 2.06. The molecule has 2 heterocycles. The van der Waals surface area contributed by atoms with Gasteiger partial charge in [0.05, 0.1) is 6.20 Å². The van der Waals surface area contributed by atoms with Gasteiger partial charge < -0.3 is 14.5 Å². The van der Waals surface area contributed by atoms with Gasteiger partial charge in [0.25, 0.3) is 6.47 Å². The van der Waals surface area contributed by atoms with E-state index in [4.69, 9.17) is 4.74 Å². The van der Waals surface area contributed by atoms with Crippen LogP contribution in [0.15, 0.2) is 18.3 Å². The predicted octanol–water partition coefficient (Wildman–Crippen LogP) is 1.45. The predicted molar refractivity (Wildman–Crippen MR) is 79.2 cm³/mol. The fraction of sp³-hybridized carbons (Fsp3) is 0.533. The highest BCUT2D eigenvalue weighted by Crippen LogP contribution is 2.22. The number of hydrogen-bond donors (Lipinski definition) is 0. The van der Waals surface area contributed by atoms with E-state index in [2.05, 4.69) is 23.7 Å². The Morgan fingerprint density at radius 2 is 2.05 bits per heavy atom. The number of nitrogens with zero attached hydrogens (tertiary/aromatic N) is 3. The standard InChI is InChI=1S/C15H21N3O3/c1-4-15(20)18-11(2)8-17(9-12(18)3)14-6-5-13(7-16-14)21-10-19/h5-7,10-12H,4,8-9H2,1-3H3/t11-,12+. The number of amides is 1. The molecule has 1 fully saturated rings. The molecule has 6 heteroatoms. The molecule has 114 valence electrons. The van der Waals surface area contributed by atoms with Gasteiger partial charge in [0.2, 0.25) is 5.91 Å². The van der Waals surface area contributed by atoms with Crippen molar-refractivity contribution in [3.05, 3.63) is 18.3 Å². The quantitative estimate of drug-likeness (QED) is 0.786.